The number of aliphatic imine (C=N–C) groups is 1. The summed E-state index contributed by atoms with van der Waals surface area (Å²) in [4.78, 5) is 5.39. The Hall–Kier alpha value is -2.33. The Morgan fingerprint density at radius 2 is 1.75 bits per heavy atom. The van der Waals surface area contributed by atoms with Crippen molar-refractivity contribution in [1.82, 2.24) is 0 Å². The fraction of sp³-hybridized carbons (Fsp3) is 0.0625. The summed E-state index contributed by atoms with van der Waals surface area (Å²) in [5, 5.41) is 12.1. The summed E-state index contributed by atoms with van der Waals surface area (Å²) in [5.74, 6) is 0.808. The number of rotatable bonds is 3. The van der Waals surface area contributed by atoms with Gasteiger partial charge in [-0.3, -0.25) is 4.99 Å². The van der Waals surface area contributed by atoms with Crippen molar-refractivity contribution in [2.24, 2.45) is 4.99 Å². The van der Waals surface area contributed by atoms with E-state index in [1.807, 2.05) is 48.5 Å². The summed E-state index contributed by atoms with van der Waals surface area (Å²) >= 11 is 1.34. The molecule has 1 N–H and O–H groups in total. The van der Waals surface area contributed by atoms with E-state index in [-0.39, 0.29) is 0 Å². The molecule has 1 heterocycles. The molecule has 0 aliphatic carbocycles. The highest BCUT2D eigenvalue weighted by atomic mass is 32.1. The van der Waals surface area contributed by atoms with Gasteiger partial charge in [0.1, 0.15) is 5.75 Å². The lowest BCUT2D eigenvalue weighted by Gasteiger charge is -1.98. The molecular weight excluding hydrogens is 270 g/mol. The van der Waals surface area contributed by atoms with Gasteiger partial charge in [-0.15, -0.1) is 0 Å². The Bertz CT molecular complexity index is 760. The Balaban J connectivity index is 1.94. The van der Waals surface area contributed by atoms with Gasteiger partial charge in [-0.1, -0.05) is 29.5 Å². The normalized spacial score (nSPS) is 11.2. The van der Waals surface area contributed by atoms with Crippen molar-refractivity contribution >= 4 is 34.0 Å². The Morgan fingerprint density at radius 3 is 2.45 bits per heavy atom. The Kier molecular flexibility index (Phi) is 3.39. The van der Waals surface area contributed by atoms with Crippen molar-refractivity contribution in [2.45, 2.75) is 0 Å². The van der Waals surface area contributed by atoms with E-state index in [4.69, 9.17) is 4.74 Å². The molecule has 0 atom stereocenters. The average molecular weight is 283 g/mol. The van der Waals surface area contributed by atoms with E-state index in [9.17, 15) is 5.11 Å². The Labute approximate surface area is 120 Å². The zero-order chi connectivity index (χ0) is 13.9. The lowest BCUT2D eigenvalue weighted by molar-refractivity contribution is 0.415. The van der Waals surface area contributed by atoms with Gasteiger partial charge in [-0.2, -0.15) is 0 Å². The van der Waals surface area contributed by atoms with E-state index in [1.54, 1.807) is 13.3 Å². The van der Waals surface area contributed by atoms with Gasteiger partial charge in [0.2, 0.25) is 0 Å². The van der Waals surface area contributed by atoms with Crippen LogP contribution in [-0.4, -0.2) is 18.4 Å². The molecule has 100 valence electrons. The van der Waals surface area contributed by atoms with Gasteiger partial charge >= 0.3 is 0 Å². The molecule has 0 spiro atoms. The number of hydrogen-bond donors (Lipinski definition) is 1. The summed E-state index contributed by atoms with van der Waals surface area (Å²) in [6.07, 6.45) is 1.79. The van der Waals surface area contributed by atoms with Gasteiger partial charge in [0.15, 0.2) is 5.06 Å². The molecule has 0 saturated carbocycles. The number of methoxy groups -OCH3 is 1. The Morgan fingerprint density at radius 1 is 1.05 bits per heavy atom. The first-order valence-corrected chi connectivity index (χ1v) is 6.98. The second-order valence-corrected chi connectivity index (χ2v) is 5.30. The molecule has 20 heavy (non-hydrogen) atoms. The maximum absolute atomic E-state index is 9.90. The minimum absolute atomic E-state index is 0.330. The zero-order valence-corrected chi connectivity index (χ0v) is 11.7. The number of aromatic hydroxyl groups is 1. The first-order chi connectivity index (χ1) is 9.78. The minimum Gasteiger partial charge on any atom is -0.499 e. The molecule has 0 unspecified atom stereocenters. The number of ether oxygens (including phenoxy) is 1. The van der Waals surface area contributed by atoms with Crippen molar-refractivity contribution in [2.75, 3.05) is 7.11 Å². The lowest BCUT2D eigenvalue weighted by Crippen LogP contribution is -1.80. The minimum atomic E-state index is 0.330. The van der Waals surface area contributed by atoms with Crippen molar-refractivity contribution in [3.63, 3.8) is 0 Å². The third kappa shape index (κ3) is 2.38. The van der Waals surface area contributed by atoms with E-state index in [0.29, 0.717) is 5.06 Å². The number of nitrogens with zero attached hydrogens (tertiary/aromatic N) is 1. The largest absolute Gasteiger partial charge is 0.499 e. The van der Waals surface area contributed by atoms with Crippen molar-refractivity contribution in [3.05, 3.63) is 53.4 Å². The van der Waals surface area contributed by atoms with E-state index in [0.717, 1.165) is 27.1 Å². The van der Waals surface area contributed by atoms with Crippen LogP contribution in [0.25, 0.3) is 10.8 Å². The average Bonchev–Trinajstić information content (AvgIpc) is 2.83. The zero-order valence-electron chi connectivity index (χ0n) is 10.9. The fourth-order valence-corrected chi connectivity index (χ4v) is 2.89. The second kappa shape index (κ2) is 5.35. The number of fused-ring (bicyclic) bond motifs is 1. The van der Waals surface area contributed by atoms with Crippen LogP contribution in [0.2, 0.25) is 0 Å². The van der Waals surface area contributed by atoms with Gasteiger partial charge in [-0.25, -0.2) is 0 Å². The number of thiophene rings is 1. The molecule has 0 amide bonds. The van der Waals surface area contributed by atoms with Crippen LogP contribution in [0.1, 0.15) is 4.88 Å². The van der Waals surface area contributed by atoms with Crippen molar-refractivity contribution in [1.29, 1.82) is 0 Å². The third-order valence-electron chi connectivity index (χ3n) is 3.03. The standard InChI is InChI=1S/C16H13NO2S/c1-19-12-8-6-11(7-9-12)17-10-15-13-4-2-3-5-14(13)16(18)20-15/h2-10,18H,1H3. The third-order valence-corrected chi connectivity index (χ3v) is 3.99. The van der Waals surface area contributed by atoms with Crippen molar-refractivity contribution < 1.29 is 9.84 Å². The molecular formula is C16H13NO2S. The SMILES string of the molecule is COc1ccc(N=Cc2sc(O)c3ccccc23)cc1. The molecule has 1 aromatic heterocycles. The monoisotopic (exact) mass is 283 g/mol. The van der Waals surface area contributed by atoms with Crippen LogP contribution in [0.15, 0.2) is 53.5 Å². The molecule has 0 fully saturated rings. The van der Waals surface area contributed by atoms with Crippen molar-refractivity contribution in [3.8, 4) is 10.8 Å². The maximum Gasteiger partial charge on any atom is 0.179 e. The van der Waals surface area contributed by atoms with Crippen LogP contribution in [0.3, 0.4) is 0 Å². The van der Waals surface area contributed by atoms with E-state index in [2.05, 4.69) is 4.99 Å². The highest BCUT2D eigenvalue weighted by Gasteiger charge is 2.07. The molecule has 0 saturated heterocycles. The van der Waals surface area contributed by atoms with Crippen LogP contribution in [0.5, 0.6) is 10.8 Å². The highest BCUT2D eigenvalue weighted by Crippen LogP contribution is 2.35. The van der Waals surface area contributed by atoms with Gasteiger partial charge in [0.05, 0.1) is 17.7 Å². The maximum atomic E-state index is 9.90. The smallest absolute Gasteiger partial charge is 0.179 e. The highest BCUT2D eigenvalue weighted by molar-refractivity contribution is 7.17. The quantitative estimate of drug-likeness (QED) is 0.725. The molecule has 0 aliphatic heterocycles. The van der Waals surface area contributed by atoms with Gasteiger partial charge in [0, 0.05) is 17.0 Å². The predicted octanol–water partition coefficient (Wildman–Crippen LogP) is 4.37. The van der Waals surface area contributed by atoms with Crippen LogP contribution >= 0.6 is 11.3 Å². The summed E-state index contributed by atoms with van der Waals surface area (Å²) < 4.78 is 5.11. The van der Waals surface area contributed by atoms with Gasteiger partial charge in [0.25, 0.3) is 0 Å². The topological polar surface area (TPSA) is 41.8 Å². The van der Waals surface area contributed by atoms with E-state index in [1.165, 1.54) is 11.3 Å². The molecule has 0 bridgehead atoms. The van der Waals surface area contributed by atoms with Crippen LogP contribution < -0.4 is 4.74 Å². The molecule has 0 aliphatic rings. The molecule has 3 nitrogen and oxygen atoms in total. The number of benzene rings is 2. The van der Waals surface area contributed by atoms with Crippen LogP contribution in [-0.2, 0) is 0 Å². The first kappa shape index (κ1) is 12.7. The summed E-state index contributed by atoms with van der Waals surface area (Å²) in [7, 11) is 1.64. The molecule has 3 rings (SSSR count). The van der Waals surface area contributed by atoms with E-state index >= 15 is 0 Å². The summed E-state index contributed by atoms with van der Waals surface area (Å²) in [5.41, 5.74) is 0.850. The van der Waals surface area contributed by atoms with Gasteiger partial charge < -0.3 is 9.84 Å². The molecule has 3 aromatic rings. The first-order valence-electron chi connectivity index (χ1n) is 6.16. The molecule has 0 radical (unpaired) electrons. The van der Waals surface area contributed by atoms with Crippen LogP contribution in [0.4, 0.5) is 5.69 Å². The fourth-order valence-electron chi connectivity index (χ4n) is 2.00. The lowest BCUT2D eigenvalue weighted by atomic mass is 10.2. The molecule has 4 heteroatoms. The van der Waals surface area contributed by atoms with Gasteiger partial charge in [-0.05, 0) is 30.3 Å². The predicted molar refractivity (Wildman–Crippen MR) is 83.7 cm³/mol. The van der Waals surface area contributed by atoms with Crippen LogP contribution in [0, 0.1) is 0 Å². The summed E-state index contributed by atoms with van der Waals surface area (Å²) in [6.45, 7) is 0. The second-order valence-electron chi connectivity index (χ2n) is 4.27. The molecule has 2 aromatic carbocycles. The summed E-state index contributed by atoms with van der Waals surface area (Å²) in [6, 6.07) is 15.3. The van der Waals surface area contributed by atoms with E-state index < -0.39 is 0 Å². The number of hydrogen-bond acceptors (Lipinski definition) is 4.